The Hall–Kier alpha value is -4.32. The number of aromatic nitrogens is 3. The van der Waals surface area contributed by atoms with Gasteiger partial charge in [0.05, 0.1) is 42.0 Å². The average Bonchev–Trinajstić information content (AvgIpc) is 2.94. The fraction of sp³-hybridized carbons (Fsp3) is 0.148. The lowest BCUT2D eigenvalue weighted by Gasteiger charge is -2.34. The molecule has 4 N–H and O–H groups in total. The number of morpholine rings is 1. The van der Waals surface area contributed by atoms with Crippen LogP contribution >= 0.6 is 0 Å². The van der Waals surface area contributed by atoms with Gasteiger partial charge in [0.15, 0.2) is 0 Å². The van der Waals surface area contributed by atoms with Gasteiger partial charge in [-0.05, 0) is 29.0 Å². The number of rotatable bonds is 7. The van der Waals surface area contributed by atoms with Gasteiger partial charge in [-0.3, -0.25) is 4.55 Å². The van der Waals surface area contributed by atoms with Crippen LogP contribution in [-0.2, 0) is 14.9 Å². The highest BCUT2D eigenvalue weighted by molar-refractivity contribution is 7.86. The summed E-state index contributed by atoms with van der Waals surface area (Å²) in [4.78, 5) is 1.64. The van der Waals surface area contributed by atoms with Crippen LogP contribution in [0.15, 0.2) is 77.8 Å². The van der Waals surface area contributed by atoms with Crippen LogP contribution in [0, 0.1) is 0 Å². The number of nitrogens with zero attached hydrogens (tertiary/aromatic N) is 4. The van der Waals surface area contributed by atoms with Crippen molar-refractivity contribution in [3.05, 3.63) is 84.1 Å². The van der Waals surface area contributed by atoms with Crippen LogP contribution in [0.4, 0.5) is 22.7 Å². The van der Waals surface area contributed by atoms with E-state index in [0.717, 1.165) is 5.56 Å². The largest absolute Gasteiger partial charge is 0.397 e. The molecular weight excluding hydrogens is 504 g/mol. The maximum Gasteiger partial charge on any atom is 0.297 e. The molecule has 0 saturated carbocycles. The molecule has 1 saturated heterocycles. The lowest BCUT2D eigenvalue weighted by atomic mass is 9.97. The van der Waals surface area contributed by atoms with Gasteiger partial charge in [0.2, 0.25) is 0 Å². The lowest BCUT2D eigenvalue weighted by Crippen LogP contribution is -2.37. The Morgan fingerprint density at radius 2 is 1.66 bits per heavy atom. The molecule has 0 atom stereocenters. The Morgan fingerprint density at radius 1 is 0.974 bits per heavy atom. The summed E-state index contributed by atoms with van der Waals surface area (Å²) in [5, 5.41) is 15.0. The highest BCUT2D eigenvalue weighted by Crippen LogP contribution is 2.49. The number of hydrogen-bond acceptors (Lipinski definition) is 9. The van der Waals surface area contributed by atoms with Crippen LogP contribution in [0.25, 0.3) is 23.4 Å². The zero-order valence-corrected chi connectivity index (χ0v) is 21.2. The van der Waals surface area contributed by atoms with Crippen LogP contribution in [0.2, 0.25) is 0 Å². The molecule has 194 valence electrons. The zero-order valence-electron chi connectivity index (χ0n) is 20.4. The van der Waals surface area contributed by atoms with Gasteiger partial charge in [-0.25, -0.2) is 0 Å². The van der Waals surface area contributed by atoms with E-state index in [-0.39, 0.29) is 11.3 Å². The molecule has 0 spiro atoms. The fourth-order valence-electron chi connectivity index (χ4n) is 4.46. The van der Waals surface area contributed by atoms with Crippen molar-refractivity contribution in [2.75, 3.05) is 42.3 Å². The van der Waals surface area contributed by atoms with Crippen molar-refractivity contribution in [1.82, 2.24) is 15.4 Å². The number of anilines is 4. The molecule has 4 aromatic rings. The van der Waals surface area contributed by atoms with Gasteiger partial charge in [-0.2, -0.15) is 8.42 Å². The van der Waals surface area contributed by atoms with Gasteiger partial charge in [0.25, 0.3) is 10.1 Å². The standard InChI is InChI=1S/C27H26N6O4S/c28-24-23(22-13-14-29-32-31-22)26(33-15-17-37-18-16-33)25(30-20-9-5-2-6-10-20)21(27(24)38(34,35)36)12-11-19-7-3-1-4-8-19/h1-14,30H,15-18,28H2,(H,34,35,36). The summed E-state index contributed by atoms with van der Waals surface area (Å²) in [5.74, 6) is 0. The van der Waals surface area contributed by atoms with Gasteiger partial charge < -0.3 is 20.7 Å². The van der Waals surface area contributed by atoms with Crippen molar-refractivity contribution >= 4 is 45.0 Å². The molecule has 11 heteroatoms. The second kappa shape index (κ2) is 11.0. The SMILES string of the molecule is Nc1c(-c2ccnnn2)c(N2CCOCC2)c(Nc2ccccc2)c(C=Cc2ccccc2)c1S(=O)(=O)O. The first-order chi connectivity index (χ1) is 18.4. The lowest BCUT2D eigenvalue weighted by molar-refractivity contribution is 0.123. The van der Waals surface area contributed by atoms with E-state index in [1.807, 2.05) is 60.7 Å². The maximum absolute atomic E-state index is 12.9. The number of nitrogens with one attached hydrogen (secondary N) is 1. The molecule has 1 fully saturated rings. The number of benzene rings is 3. The Morgan fingerprint density at radius 3 is 2.29 bits per heavy atom. The third-order valence-electron chi connectivity index (χ3n) is 6.13. The van der Waals surface area contributed by atoms with Gasteiger partial charge in [0, 0.05) is 24.3 Å². The van der Waals surface area contributed by atoms with Crippen LogP contribution in [0.1, 0.15) is 11.1 Å². The van der Waals surface area contributed by atoms with E-state index >= 15 is 0 Å². The Bertz CT molecular complexity index is 1540. The quantitative estimate of drug-likeness (QED) is 0.181. The van der Waals surface area contributed by atoms with Crippen molar-refractivity contribution in [2.24, 2.45) is 0 Å². The molecule has 5 rings (SSSR count). The monoisotopic (exact) mass is 530 g/mol. The second-order valence-electron chi connectivity index (χ2n) is 8.57. The Balaban J connectivity index is 1.88. The first-order valence-electron chi connectivity index (χ1n) is 11.9. The Labute approximate surface area is 220 Å². The van der Waals surface area contributed by atoms with Gasteiger partial charge >= 0.3 is 0 Å². The van der Waals surface area contributed by atoms with E-state index in [4.69, 9.17) is 10.5 Å². The summed E-state index contributed by atoms with van der Waals surface area (Å²) < 4.78 is 41.8. The fourth-order valence-corrected chi connectivity index (χ4v) is 5.29. The third-order valence-corrected chi connectivity index (χ3v) is 7.09. The maximum atomic E-state index is 12.9. The molecule has 0 radical (unpaired) electrons. The van der Waals surface area contributed by atoms with Crippen LogP contribution < -0.4 is 16.0 Å². The van der Waals surface area contributed by atoms with E-state index in [2.05, 4.69) is 25.6 Å². The smallest absolute Gasteiger partial charge is 0.297 e. The summed E-state index contributed by atoms with van der Waals surface area (Å²) in [5.41, 5.74) is 9.94. The summed E-state index contributed by atoms with van der Waals surface area (Å²) >= 11 is 0. The number of para-hydroxylation sites is 1. The van der Waals surface area contributed by atoms with Gasteiger partial charge in [-0.15, -0.1) is 10.2 Å². The topological polar surface area (TPSA) is 144 Å². The number of nitrogen functional groups attached to an aromatic ring is 1. The molecule has 0 aliphatic carbocycles. The van der Waals surface area contributed by atoms with E-state index in [1.54, 1.807) is 18.2 Å². The molecule has 3 aromatic carbocycles. The molecule has 1 aliphatic rings. The highest BCUT2D eigenvalue weighted by atomic mass is 32.2. The van der Waals surface area contributed by atoms with Crippen molar-refractivity contribution in [2.45, 2.75) is 4.90 Å². The minimum absolute atomic E-state index is 0.138. The molecule has 0 unspecified atom stereocenters. The van der Waals surface area contributed by atoms with E-state index in [1.165, 1.54) is 6.20 Å². The van der Waals surface area contributed by atoms with Crippen LogP contribution in [0.5, 0.6) is 0 Å². The third kappa shape index (κ3) is 5.35. The average molecular weight is 531 g/mol. The molecule has 0 bridgehead atoms. The normalized spacial score (nSPS) is 14.1. The van der Waals surface area contributed by atoms with Crippen molar-refractivity contribution in [3.63, 3.8) is 0 Å². The summed E-state index contributed by atoms with van der Waals surface area (Å²) in [7, 11) is -4.78. The number of hydrogen-bond donors (Lipinski definition) is 3. The van der Waals surface area contributed by atoms with Crippen molar-refractivity contribution < 1.29 is 17.7 Å². The van der Waals surface area contributed by atoms with Crippen molar-refractivity contribution in [1.29, 1.82) is 0 Å². The predicted molar refractivity (Wildman–Crippen MR) is 148 cm³/mol. The van der Waals surface area contributed by atoms with E-state index in [9.17, 15) is 13.0 Å². The zero-order chi connectivity index (χ0) is 26.5. The number of nitrogens with two attached hydrogens (primary N) is 1. The molecule has 2 heterocycles. The Kier molecular flexibility index (Phi) is 7.31. The molecule has 1 aliphatic heterocycles. The first-order valence-corrected chi connectivity index (χ1v) is 13.4. The minimum Gasteiger partial charge on any atom is -0.397 e. The molecular formula is C27H26N6O4S. The molecule has 0 amide bonds. The highest BCUT2D eigenvalue weighted by Gasteiger charge is 2.32. The van der Waals surface area contributed by atoms with Crippen molar-refractivity contribution in [3.8, 4) is 11.3 Å². The van der Waals surface area contributed by atoms with E-state index in [0.29, 0.717) is 54.6 Å². The van der Waals surface area contributed by atoms with Gasteiger partial charge in [0.1, 0.15) is 10.6 Å². The van der Waals surface area contributed by atoms with Crippen LogP contribution in [0.3, 0.4) is 0 Å². The van der Waals surface area contributed by atoms with Crippen LogP contribution in [-0.4, -0.2) is 54.7 Å². The molecule has 1 aromatic heterocycles. The molecule has 10 nitrogen and oxygen atoms in total. The second-order valence-corrected chi connectivity index (χ2v) is 9.93. The molecule has 38 heavy (non-hydrogen) atoms. The van der Waals surface area contributed by atoms with Gasteiger partial charge in [-0.1, -0.05) is 60.7 Å². The minimum atomic E-state index is -4.78. The number of ether oxygens (including phenoxy) is 1. The predicted octanol–water partition coefficient (Wildman–Crippen LogP) is 4.12. The summed E-state index contributed by atoms with van der Waals surface area (Å²) in [6, 6.07) is 20.4. The van der Waals surface area contributed by atoms with E-state index < -0.39 is 15.0 Å². The summed E-state index contributed by atoms with van der Waals surface area (Å²) in [6.07, 6.45) is 4.87. The first kappa shape index (κ1) is 25.3. The summed E-state index contributed by atoms with van der Waals surface area (Å²) in [6.45, 7) is 2.01.